The number of hydrogen-bond acceptors (Lipinski definition) is 4. The van der Waals surface area contributed by atoms with Crippen molar-refractivity contribution in [1.29, 1.82) is 0 Å². The predicted molar refractivity (Wildman–Crippen MR) is 124 cm³/mol. The summed E-state index contributed by atoms with van der Waals surface area (Å²) in [6.07, 6.45) is 3.50. The summed E-state index contributed by atoms with van der Waals surface area (Å²) < 4.78 is 11.8. The summed E-state index contributed by atoms with van der Waals surface area (Å²) in [5.41, 5.74) is 3.63. The second kappa shape index (κ2) is 10.7. The molecule has 0 N–H and O–H groups in total. The van der Waals surface area contributed by atoms with Crippen molar-refractivity contribution >= 4 is 0 Å². The molecule has 4 nitrogen and oxygen atoms in total. The van der Waals surface area contributed by atoms with Gasteiger partial charge in [-0.15, -0.1) is 71.8 Å². The molecule has 3 aromatic carbocycles. The number of ether oxygens (including phenoxy) is 2. The average molecular weight is 607 g/mol. The minimum absolute atomic E-state index is 0. The number of aromatic nitrogens is 2. The quantitative estimate of drug-likeness (QED) is 0.199. The van der Waals surface area contributed by atoms with E-state index in [0.29, 0.717) is 23.0 Å². The number of hydrogen-bond donors (Lipinski definition) is 0. The van der Waals surface area contributed by atoms with Crippen molar-refractivity contribution in [3.8, 4) is 45.5 Å². The molecular weight excluding hydrogens is 589 g/mol. The Balaban J connectivity index is 0.000000172. The van der Waals surface area contributed by atoms with Gasteiger partial charge < -0.3 is 19.4 Å². The van der Waals surface area contributed by atoms with Crippen LogP contribution in [0.5, 0.6) is 23.0 Å². The molecular formula is C28H18IrN2O2-2. The van der Waals surface area contributed by atoms with Crippen LogP contribution in [-0.2, 0) is 20.1 Å². The molecule has 6 rings (SSSR count). The maximum absolute atomic E-state index is 5.96. The monoisotopic (exact) mass is 607 g/mol. The fraction of sp³-hybridized carbons (Fsp3) is 0. The Bertz CT molecular complexity index is 1280. The molecule has 0 bridgehead atoms. The molecule has 0 saturated carbocycles. The molecule has 0 unspecified atom stereocenters. The number of pyridine rings is 2. The Hall–Kier alpha value is -3.79. The van der Waals surface area contributed by atoms with Gasteiger partial charge in [-0.1, -0.05) is 24.3 Å². The third-order valence-corrected chi connectivity index (χ3v) is 4.76. The van der Waals surface area contributed by atoms with Gasteiger partial charge in [-0.25, -0.2) is 0 Å². The Kier molecular flexibility index (Phi) is 7.25. The Morgan fingerprint density at radius 3 is 1.88 bits per heavy atom. The van der Waals surface area contributed by atoms with E-state index >= 15 is 0 Å². The molecule has 33 heavy (non-hydrogen) atoms. The van der Waals surface area contributed by atoms with E-state index in [1.807, 2.05) is 91.0 Å². The normalized spacial score (nSPS) is 10.7. The molecule has 5 aromatic rings. The third-order valence-electron chi connectivity index (χ3n) is 4.76. The van der Waals surface area contributed by atoms with E-state index in [0.717, 1.165) is 22.5 Å². The van der Waals surface area contributed by atoms with Gasteiger partial charge in [0.25, 0.3) is 0 Å². The van der Waals surface area contributed by atoms with E-state index in [1.165, 1.54) is 0 Å². The van der Waals surface area contributed by atoms with Crippen molar-refractivity contribution < 1.29 is 29.6 Å². The second-order valence-electron chi connectivity index (χ2n) is 6.91. The zero-order chi connectivity index (χ0) is 21.6. The van der Waals surface area contributed by atoms with E-state index in [2.05, 4.69) is 22.1 Å². The van der Waals surface area contributed by atoms with E-state index in [4.69, 9.17) is 9.47 Å². The molecule has 0 fully saturated rings. The van der Waals surface area contributed by atoms with Crippen molar-refractivity contribution in [3.05, 3.63) is 122 Å². The van der Waals surface area contributed by atoms with Crippen LogP contribution in [0.15, 0.2) is 109 Å². The molecule has 0 amide bonds. The molecule has 3 heterocycles. The van der Waals surface area contributed by atoms with Crippen LogP contribution >= 0.6 is 0 Å². The smallest absolute Gasteiger partial charge is 0.170 e. The van der Waals surface area contributed by atoms with Crippen LogP contribution < -0.4 is 9.47 Å². The first-order valence-electron chi connectivity index (χ1n) is 10.2. The minimum atomic E-state index is 0. The first-order valence-corrected chi connectivity index (χ1v) is 10.2. The van der Waals surface area contributed by atoms with Crippen molar-refractivity contribution in [2.45, 2.75) is 0 Å². The number of rotatable bonds is 2. The van der Waals surface area contributed by atoms with Crippen molar-refractivity contribution in [3.63, 3.8) is 0 Å². The van der Waals surface area contributed by atoms with E-state index in [9.17, 15) is 0 Å². The largest absolute Gasteiger partial charge is 0.457 e. The van der Waals surface area contributed by atoms with Crippen LogP contribution in [-0.4, -0.2) is 9.97 Å². The summed E-state index contributed by atoms with van der Waals surface area (Å²) in [6.45, 7) is 0. The fourth-order valence-electron chi connectivity index (χ4n) is 3.26. The summed E-state index contributed by atoms with van der Waals surface area (Å²) in [7, 11) is 0. The van der Waals surface area contributed by atoms with Crippen LogP contribution in [0.4, 0.5) is 0 Å². The Morgan fingerprint density at radius 1 is 0.545 bits per heavy atom. The van der Waals surface area contributed by atoms with Crippen molar-refractivity contribution in [1.82, 2.24) is 9.97 Å². The number of benzene rings is 3. The molecule has 0 saturated heterocycles. The Morgan fingerprint density at radius 2 is 1.21 bits per heavy atom. The van der Waals surface area contributed by atoms with Gasteiger partial charge >= 0.3 is 0 Å². The summed E-state index contributed by atoms with van der Waals surface area (Å²) in [6, 6.07) is 37.1. The summed E-state index contributed by atoms with van der Waals surface area (Å²) in [4.78, 5) is 8.62. The van der Waals surface area contributed by atoms with Gasteiger partial charge in [0.05, 0.1) is 0 Å². The van der Waals surface area contributed by atoms with Crippen LogP contribution in [0.2, 0.25) is 0 Å². The van der Waals surface area contributed by atoms with Gasteiger partial charge in [0.1, 0.15) is 0 Å². The first-order chi connectivity index (χ1) is 15.9. The number of fused-ring (bicyclic) bond motifs is 2. The van der Waals surface area contributed by atoms with Crippen LogP contribution in [0.3, 0.4) is 0 Å². The van der Waals surface area contributed by atoms with Gasteiger partial charge in [-0.05, 0) is 23.9 Å². The van der Waals surface area contributed by atoms with E-state index in [-0.39, 0.29) is 20.1 Å². The zero-order valence-corrected chi connectivity index (χ0v) is 19.8. The molecule has 163 valence electrons. The van der Waals surface area contributed by atoms with Crippen LogP contribution in [0, 0.1) is 12.1 Å². The Labute approximate surface area is 206 Å². The molecule has 0 aliphatic carbocycles. The maximum Gasteiger partial charge on any atom is 0.170 e. The topological polar surface area (TPSA) is 44.2 Å². The summed E-state index contributed by atoms with van der Waals surface area (Å²) in [5.74, 6) is 2.72. The first kappa shape index (κ1) is 22.4. The SMILES string of the molecule is [Ir].[c-]1ccccc1-c1ccccn1.[c-]1ccccc1-c1nccc2c1Oc1ccccc1O2. The molecule has 1 radical (unpaired) electrons. The van der Waals surface area contributed by atoms with Crippen molar-refractivity contribution in [2.24, 2.45) is 0 Å². The molecule has 1 aliphatic rings. The minimum Gasteiger partial charge on any atom is -0.457 e. The van der Waals surface area contributed by atoms with E-state index < -0.39 is 0 Å². The molecule has 2 aromatic heterocycles. The maximum atomic E-state index is 5.96. The van der Waals surface area contributed by atoms with Crippen LogP contribution in [0.25, 0.3) is 22.5 Å². The predicted octanol–water partition coefficient (Wildman–Crippen LogP) is 6.99. The molecule has 0 atom stereocenters. The zero-order valence-electron chi connectivity index (χ0n) is 17.4. The fourth-order valence-corrected chi connectivity index (χ4v) is 3.26. The second-order valence-corrected chi connectivity index (χ2v) is 6.91. The number of nitrogens with zero attached hydrogens (tertiary/aromatic N) is 2. The third kappa shape index (κ3) is 5.17. The van der Waals surface area contributed by atoms with Crippen LogP contribution in [0.1, 0.15) is 0 Å². The van der Waals surface area contributed by atoms with Gasteiger partial charge in [-0.2, -0.15) is 0 Å². The van der Waals surface area contributed by atoms with Gasteiger partial charge in [-0.3, -0.25) is 0 Å². The summed E-state index contributed by atoms with van der Waals surface area (Å²) in [5, 5.41) is 0. The van der Waals surface area contributed by atoms with Gasteiger partial charge in [0, 0.05) is 44.3 Å². The van der Waals surface area contributed by atoms with Gasteiger partial charge in [0.15, 0.2) is 23.0 Å². The van der Waals surface area contributed by atoms with E-state index in [1.54, 1.807) is 18.5 Å². The summed E-state index contributed by atoms with van der Waals surface area (Å²) >= 11 is 0. The average Bonchev–Trinajstić information content (AvgIpc) is 2.89. The standard InChI is InChI=1S/C17H10NO2.C11H8N.Ir/c1-2-6-12(7-3-1)16-17-15(10-11-18-16)19-13-8-4-5-9-14(13)20-17;1-2-6-10(7-3-1)11-8-4-5-9-12-11;/h1-6,8-11H;1-6,8-9H;/q2*-1;. The number of para-hydroxylation sites is 2. The molecule has 5 heteroatoms. The molecule has 1 aliphatic heterocycles. The van der Waals surface area contributed by atoms with Gasteiger partial charge in [0.2, 0.25) is 0 Å². The molecule has 0 spiro atoms. The van der Waals surface area contributed by atoms with Crippen molar-refractivity contribution in [2.75, 3.05) is 0 Å².